The van der Waals surface area contributed by atoms with E-state index in [0.717, 1.165) is 10.3 Å². The lowest BCUT2D eigenvalue weighted by Gasteiger charge is -2.43. The van der Waals surface area contributed by atoms with Crippen LogP contribution in [0.25, 0.3) is 0 Å². The summed E-state index contributed by atoms with van der Waals surface area (Å²) in [6.45, 7) is 3.56. The van der Waals surface area contributed by atoms with Crippen molar-refractivity contribution in [3.05, 3.63) is 61.0 Å². The quantitative estimate of drug-likeness (QED) is 0.509. The number of H-pyrrole nitrogens is 1. The van der Waals surface area contributed by atoms with Crippen LogP contribution in [0, 0.1) is 13.8 Å². The number of carbonyl (C=O) groups excluding carboxylic acids is 1. The van der Waals surface area contributed by atoms with Crippen LogP contribution in [0.1, 0.15) is 37.1 Å². The van der Waals surface area contributed by atoms with Gasteiger partial charge in [0.15, 0.2) is 0 Å². The Balaban J connectivity index is 1.61. The van der Waals surface area contributed by atoms with Crippen LogP contribution in [0.2, 0.25) is 0 Å². The van der Waals surface area contributed by atoms with Crippen molar-refractivity contribution >= 4 is 5.91 Å². The van der Waals surface area contributed by atoms with Gasteiger partial charge >= 0.3 is 11.4 Å². The molecule has 11 nitrogen and oxygen atoms in total. The smallest absolute Gasteiger partial charge is 0.347 e. The zero-order valence-corrected chi connectivity index (χ0v) is 18.4. The van der Waals surface area contributed by atoms with Crippen LogP contribution in [0.15, 0.2) is 32.7 Å². The monoisotopic (exact) mass is 447 g/mol. The summed E-state index contributed by atoms with van der Waals surface area (Å²) in [6.07, 6.45) is 0.952. The van der Waals surface area contributed by atoms with Crippen LogP contribution in [0.3, 0.4) is 0 Å². The Morgan fingerprint density at radius 1 is 1.34 bits per heavy atom. The van der Waals surface area contributed by atoms with E-state index in [4.69, 9.17) is 0 Å². The first-order chi connectivity index (χ1) is 15.0. The maximum Gasteiger partial charge on any atom is 0.347 e. The highest BCUT2D eigenvalue weighted by molar-refractivity contribution is 5.76. The van der Waals surface area contributed by atoms with E-state index in [2.05, 4.69) is 9.97 Å². The van der Waals surface area contributed by atoms with Gasteiger partial charge in [0.2, 0.25) is 5.91 Å². The second kappa shape index (κ2) is 9.21. The molecule has 1 amide bonds. The molecule has 174 valence electrons. The number of carbonyl (C=O) groups is 1. The summed E-state index contributed by atoms with van der Waals surface area (Å²) in [6, 6.07) is 2.66. The zero-order chi connectivity index (χ0) is 23.6. The molecule has 0 spiro atoms. The van der Waals surface area contributed by atoms with Gasteiger partial charge in [-0.1, -0.05) is 0 Å². The van der Waals surface area contributed by atoms with Gasteiger partial charge in [0, 0.05) is 49.7 Å². The van der Waals surface area contributed by atoms with Gasteiger partial charge in [-0.05, 0) is 39.2 Å². The molecular weight excluding hydrogens is 418 g/mol. The fourth-order valence-corrected chi connectivity index (χ4v) is 4.21. The average Bonchev–Trinajstić information content (AvgIpc) is 2.71. The van der Waals surface area contributed by atoms with Crippen LogP contribution >= 0.6 is 0 Å². The first kappa shape index (κ1) is 23.6. The number of aromatic amines is 1. The van der Waals surface area contributed by atoms with E-state index >= 15 is 0 Å². The van der Waals surface area contributed by atoms with Gasteiger partial charge in [-0.3, -0.25) is 23.7 Å². The lowest BCUT2D eigenvalue weighted by molar-refractivity contribution is -0.144. The minimum atomic E-state index is -1.56. The lowest BCUT2D eigenvalue weighted by atomic mass is 9.79. The van der Waals surface area contributed by atoms with Crippen LogP contribution in [0.5, 0.6) is 0 Å². The van der Waals surface area contributed by atoms with Gasteiger partial charge in [-0.25, -0.2) is 9.59 Å². The summed E-state index contributed by atoms with van der Waals surface area (Å²) in [4.78, 5) is 55.5. The van der Waals surface area contributed by atoms with E-state index in [1.54, 1.807) is 27.0 Å². The molecule has 0 unspecified atom stereocenters. The van der Waals surface area contributed by atoms with Gasteiger partial charge in [0.05, 0.1) is 12.6 Å². The molecule has 1 aliphatic rings. The Labute approximate surface area is 184 Å². The molecule has 2 aromatic heterocycles. The van der Waals surface area contributed by atoms with Crippen molar-refractivity contribution in [3.8, 4) is 0 Å². The molecular formula is C21H29N5O6. The fraction of sp³-hybridized carbons (Fsp3) is 0.571. The standard InChI is InChI=1S/C21H29N5O6/c1-13-10-14(2)26(20(31)22-13)9-6-18(29)24(3)15-4-7-21(32,16(27)11-15)12-25-8-5-17(28)23-19(25)30/h5,8,10,15-16,27,32H,4,6-7,9,11-12H2,1-3H3,(H,23,28,30)/t15-,16+,21+/m0/s1. The molecule has 0 saturated heterocycles. The van der Waals surface area contributed by atoms with Gasteiger partial charge < -0.3 is 15.1 Å². The maximum atomic E-state index is 12.7. The predicted octanol–water partition coefficient (Wildman–Crippen LogP) is -1.10. The summed E-state index contributed by atoms with van der Waals surface area (Å²) in [5, 5.41) is 21.5. The number of hydrogen-bond donors (Lipinski definition) is 3. The summed E-state index contributed by atoms with van der Waals surface area (Å²) in [7, 11) is 1.64. The molecule has 2 aromatic rings. The number of aryl methyl sites for hydroxylation is 2. The molecule has 0 radical (unpaired) electrons. The normalized spacial score (nSPS) is 23.2. The van der Waals surface area contributed by atoms with Crippen molar-refractivity contribution in [1.82, 2.24) is 24.0 Å². The average molecular weight is 447 g/mol. The first-order valence-electron chi connectivity index (χ1n) is 10.5. The van der Waals surface area contributed by atoms with Crippen molar-refractivity contribution in [2.24, 2.45) is 0 Å². The molecule has 1 aliphatic carbocycles. The Morgan fingerprint density at radius 3 is 2.69 bits per heavy atom. The first-order valence-corrected chi connectivity index (χ1v) is 10.5. The molecule has 0 aromatic carbocycles. The fourth-order valence-electron chi connectivity index (χ4n) is 4.21. The molecule has 3 atom stereocenters. The van der Waals surface area contributed by atoms with Gasteiger partial charge in [0.1, 0.15) is 5.60 Å². The van der Waals surface area contributed by atoms with Crippen molar-refractivity contribution in [3.63, 3.8) is 0 Å². The summed E-state index contributed by atoms with van der Waals surface area (Å²) >= 11 is 0. The van der Waals surface area contributed by atoms with Gasteiger partial charge in [-0.2, -0.15) is 4.98 Å². The summed E-state index contributed by atoms with van der Waals surface area (Å²) in [5.41, 5.74) is -1.80. The molecule has 32 heavy (non-hydrogen) atoms. The Morgan fingerprint density at radius 2 is 2.06 bits per heavy atom. The van der Waals surface area contributed by atoms with E-state index in [-0.39, 0.29) is 44.3 Å². The lowest BCUT2D eigenvalue weighted by Crippen LogP contribution is -2.55. The Kier molecular flexibility index (Phi) is 6.79. The van der Waals surface area contributed by atoms with Crippen molar-refractivity contribution in [1.29, 1.82) is 0 Å². The number of nitrogens with one attached hydrogen (secondary N) is 1. The van der Waals surface area contributed by atoms with Crippen molar-refractivity contribution in [2.45, 2.75) is 70.4 Å². The highest BCUT2D eigenvalue weighted by Gasteiger charge is 2.43. The molecule has 1 saturated carbocycles. The number of aromatic nitrogens is 4. The highest BCUT2D eigenvalue weighted by Crippen LogP contribution is 2.32. The SMILES string of the molecule is Cc1cc(C)n(CCC(=O)N(C)[C@H]2CC[C@@](O)(Cn3ccc(=O)[nH]c3=O)[C@H](O)C2)c(=O)n1. The van der Waals surface area contributed by atoms with Crippen LogP contribution < -0.4 is 16.9 Å². The molecule has 2 heterocycles. The van der Waals surface area contributed by atoms with E-state index in [1.807, 2.05) is 0 Å². The topological polar surface area (TPSA) is 151 Å². The van der Waals surface area contributed by atoms with E-state index < -0.39 is 28.6 Å². The maximum absolute atomic E-state index is 12.7. The number of rotatable bonds is 6. The predicted molar refractivity (Wildman–Crippen MR) is 115 cm³/mol. The minimum absolute atomic E-state index is 0.103. The number of aliphatic hydroxyl groups excluding tert-OH is 1. The molecule has 1 fully saturated rings. The third-order valence-corrected chi connectivity index (χ3v) is 6.20. The second-order valence-corrected chi connectivity index (χ2v) is 8.51. The molecule has 3 N–H and O–H groups in total. The van der Waals surface area contributed by atoms with Gasteiger partial charge in [0.25, 0.3) is 5.56 Å². The van der Waals surface area contributed by atoms with Crippen LogP contribution in [-0.4, -0.2) is 64.9 Å². The second-order valence-electron chi connectivity index (χ2n) is 8.51. The van der Waals surface area contributed by atoms with Gasteiger partial charge in [-0.15, -0.1) is 0 Å². The molecule has 0 aliphatic heterocycles. The summed E-state index contributed by atoms with van der Waals surface area (Å²) in [5.74, 6) is -0.184. The van der Waals surface area contributed by atoms with E-state index in [0.29, 0.717) is 12.1 Å². The molecule has 11 heteroatoms. The minimum Gasteiger partial charge on any atom is -0.390 e. The van der Waals surface area contributed by atoms with Crippen molar-refractivity contribution in [2.75, 3.05) is 7.05 Å². The Hall–Kier alpha value is -3.05. The van der Waals surface area contributed by atoms with Crippen molar-refractivity contribution < 1.29 is 15.0 Å². The van der Waals surface area contributed by atoms with E-state index in [9.17, 15) is 29.4 Å². The zero-order valence-electron chi connectivity index (χ0n) is 18.4. The van der Waals surface area contributed by atoms with Crippen LogP contribution in [-0.2, 0) is 17.9 Å². The third kappa shape index (κ3) is 5.05. The Bertz CT molecular complexity index is 1170. The molecule has 0 bridgehead atoms. The number of amides is 1. The highest BCUT2D eigenvalue weighted by atomic mass is 16.3. The number of hydrogen-bond acceptors (Lipinski definition) is 7. The number of aliphatic hydroxyl groups is 2. The number of nitrogens with zero attached hydrogens (tertiary/aromatic N) is 4. The molecule has 3 rings (SSSR count). The largest absolute Gasteiger partial charge is 0.390 e. The summed E-state index contributed by atoms with van der Waals surface area (Å²) < 4.78 is 2.60. The van der Waals surface area contributed by atoms with Crippen LogP contribution in [0.4, 0.5) is 0 Å². The third-order valence-electron chi connectivity index (χ3n) is 6.20. The van der Waals surface area contributed by atoms with E-state index in [1.165, 1.54) is 21.7 Å².